The number of ether oxygens (including phenoxy) is 1. The summed E-state index contributed by atoms with van der Waals surface area (Å²) < 4.78 is 4.62. The fraction of sp³-hybridized carbons (Fsp3) is 0.632. The van der Waals surface area contributed by atoms with E-state index < -0.39 is 0 Å². The summed E-state index contributed by atoms with van der Waals surface area (Å²) in [5, 5.41) is 9.39. The van der Waals surface area contributed by atoms with Crippen molar-refractivity contribution >= 4 is 5.97 Å². The lowest BCUT2D eigenvalue weighted by atomic mass is 10.0. The van der Waals surface area contributed by atoms with Crippen LogP contribution in [0.1, 0.15) is 69.8 Å². The van der Waals surface area contributed by atoms with E-state index in [-0.39, 0.29) is 5.97 Å². The molecule has 1 aromatic carbocycles. The molecule has 1 rings (SSSR count). The predicted octanol–water partition coefficient (Wildman–Crippen LogP) is 5.01. The van der Waals surface area contributed by atoms with E-state index in [1.165, 1.54) is 57.6 Å². The average Bonchev–Trinajstić information content (AvgIpc) is 2.52. The first-order chi connectivity index (χ1) is 10.7. The molecule has 0 amide bonds. The van der Waals surface area contributed by atoms with E-state index in [1.54, 1.807) is 6.07 Å². The van der Waals surface area contributed by atoms with Crippen molar-refractivity contribution in [3.63, 3.8) is 0 Å². The third-order valence-electron chi connectivity index (χ3n) is 3.98. The number of aromatic hydroxyl groups is 1. The van der Waals surface area contributed by atoms with Crippen molar-refractivity contribution in [2.75, 3.05) is 7.11 Å². The number of rotatable bonds is 12. The molecule has 1 aromatic rings. The van der Waals surface area contributed by atoms with Gasteiger partial charge in [0.15, 0.2) is 0 Å². The van der Waals surface area contributed by atoms with E-state index in [4.69, 9.17) is 0 Å². The average molecular weight is 306 g/mol. The highest BCUT2D eigenvalue weighted by Gasteiger charge is 1.99. The Hall–Kier alpha value is -1.51. The van der Waals surface area contributed by atoms with Crippen molar-refractivity contribution in [2.45, 2.75) is 70.6 Å². The van der Waals surface area contributed by atoms with Gasteiger partial charge in [0.2, 0.25) is 0 Å². The van der Waals surface area contributed by atoms with Gasteiger partial charge in [-0.15, -0.1) is 0 Å². The maximum Gasteiger partial charge on any atom is 0.305 e. The van der Waals surface area contributed by atoms with E-state index in [0.717, 1.165) is 19.3 Å². The number of aryl methyl sites for hydroxylation is 1. The highest BCUT2D eigenvalue weighted by atomic mass is 16.5. The second-order valence-electron chi connectivity index (χ2n) is 5.93. The number of carbonyl (C=O) groups excluding carboxylic acids is 1. The van der Waals surface area contributed by atoms with Crippen molar-refractivity contribution in [3.8, 4) is 5.75 Å². The highest BCUT2D eigenvalue weighted by molar-refractivity contribution is 5.68. The van der Waals surface area contributed by atoms with Crippen LogP contribution in [0.15, 0.2) is 24.3 Å². The molecule has 0 saturated carbocycles. The first kappa shape index (κ1) is 18.5. The molecule has 22 heavy (non-hydrogen) atoms. The van der Waals surface area contributed by atoms with Gasteiger partial charge in [-0.1, -0.05) is 57.1 Å². The number of hydrogen-bond donors (Lipinski definition) is 1. The van der Waals surface area contributed by atoms with Gasteiger partial charge in [0.1, 0.15) is 5.75 Å². The van der Waals surface area contributed by atoms with Crippen LogP contribution >= 0.6 is 0 Å². The standard InChI is InChI=1S/C19H30O3/c1-22-19(21)15-10-8-6-4-2-3-5-7-9-12-17-13-11-14-18(20)16-17/h11,13-14,16,20H,2-10,12,15H2,1H3. The summed E-state index contributed by atoms with van der Waals surface area (Å²) >= 11 is 0. The van der Waals surface area contributed by atoms with Crippen LogP contribution in [0.4, 0.5) is 0 Å². The fourth-order valence-electron chi connectivity index (χ4n) is 2.65. The van der Waals surface area contributed by atoms with Crippen LogP contribution in [0.3, 0.4) is 0 Å². The first-order valence-corrected chi connectivity index (χ1v) is 8.57. The Morgan fingerprint density at radius 1 is 0.955 bits per heavy atom. The summed E-state index contributed by atoms with van der Waals surface area (Å²) in [5.41, 5.74) is 1.23. The maximum atomic E-state index is 10.9. The van der Waals surface area contributed by atoms with Gasteiger partial charge in [-0.25, -0.2) is 0 Å². The van der Waals surface area contributed by atoms with Gasteiger partial charge in [0.05, 0.1) is 7.11 Å². The fourth-order valence-corrected chi connectivity index (χ4v) is 2.65. The minimum Gasteiger partial charge on any atom is -0.508 e. The molecule has 0 spiro atoms. The molecule has 0 aromatic heterocycles. The quantitative estimate of drug-likeness (QED) is 0.436. The number of methoxy groups -OCH3 is 1. The van der Waals surface area contributed by atoms with Crippen molar-refractivity contribution in [3.05, 3.63) is 29.8 Å². The summed E-state index contributed by atoms with van der Waals surface area (Å²) in [6, 6.07) is 7.56. The summed E-state index contributed by atoms with van der Waals surface area (Å²) in [6.07, 6.45) is 12.5. The smallest absolute Gasteiger partial charge is 0.305 e. The number of carbonyl (C=O) groups is 1. The first-order valence-electron chi connectivity index (χ1n) is 8.57. The number of phenolic OH excluding ortho intramolecular Hbond substituents is 1. The van der Waals surface area contributed by atoms with Gasteiger partial charge < -0.3 is 9.84 Å². The zero-order valence-corrected chi connectivity index (χ0v) is 13.9. The Labute approximate surface area is 134 Å². The molecule has 0 unspecified atom stereocenters. The maximum absolute atomic E-state index is 10.9. The molecule has 3 heteroatoms. The van der Waals surface area contributed by atoms with E-state index in [0.29, 0.717) is 12.2 Å². The largest absolute Gasteiger partial charge is 0.508 e. The molecule has 124 valence electrons. The molecule has 0 heterocycles. The number of unbranched alkanes of at least 4 members (excludes halogenated alkanes) is 8. The van der Waals surface area contributed by atoms with Crippen LogP contribution in [-0.4, -0.2) is 18.2 Å². The molecule has 0 aliphatic carbocycles. The van der Waals surface area contributed by atoms with Gasteiger partial charge in [0.25, 0.3) is 0 Å². The zero-order chi connectivity index (χ0) is 16.0. The Morgan fingerprint density at radius 3 is 2.14 bits per heavy atom. The summed E-state index contributed by atoms with van der Waals surface area (Å²) in [7, 11) is 1.45. The normalized spacial score (nSPS) is 10.6. The predicted molar refractivity (Wildman–Crippen MR) is 90.0 cm³/mol. The summed E-state index contributed by atoms with van der Waals surface area (Å²) in [4.78, 5) is 10.9. The van der Waals surface area contributed by atoms with Gasteiger partial charge in [-0.3, -0.25) is 4.79 Å². The zero-order valence-electron chi connectivity index (χ0n) is 13.9. The van der Waals surface area contributed by atoms with E-state index in [2.05, 4.69) is 10.8 Å². The topological polar surface area (TPSA) is 46.5 Å². The number of benzene rings is 1. The number of esters is 1. The minimum absolute atomic E-state index is 0.0910. The highest BCUT2D eigenvalue weighted by Crippen LogP contribution is 2.15. The molecular formula is C19H30O3. The molecule has 1 N–H and O–H groups in total. The lowest BCUT2D eigenvalue weighted by Gasteiger charge is -2.04. The van der Waals surface area contributed by atoms with Crippen molar-refractivity contribution in [1.82, 2.24) is 0 Å². The lowest BCUT2D eigenvalue weighted by molar-refractivity contribution is -0.140. The van der Waals surface area contributed by atoms with Crippen LogP contribution in [0.2, 0.25) is 0 Å². The van der Waals surface area contributed by atoms with Crippen LogP contribution < -0.4 is 0 Å². The number of hydrogen-bond acceptors (Lipinski definition) is 3. The van der Waals surface area contributed by atoms with E-state index in [9.17, 15) is 9.90 Å². The van der Waals surface area contributed by atoms with Crippen molar-refractivity contribution in [1.29, 1.82) is 0 Å². The molecule has 0 aliphatic rings. The molecular weight excluding hydrogens is 276 g/mol. The lowest BCUT2D eigenvalue weighted by Crippen LogP contribution is -1.99. The monoisotopic (exact) mass is 306 g/mol. The molecule has 3 nitrogen and oxygen atoms in total. The molecule has 0 radical (unpaired) electrons. The molecule has 0 aliphatic heterocycles. The van der Waals surface area contributed by atoms with Gasteiger partial charge in [-0.2, -0.15) is 0 Å². The second kappa shape index (κ2) is 12.1. The second-order valence-corrected chi connectivity index (χ2v) is 5.93. The Morgan fingerprint density at radius 2 is 1.55 bits per heavy atom. The van der Waals surface area contributed by atoms with Gasteiger partial charge >= 0.3 is 5.97 Å². The molecule has 0 bridgehead atoms. The molecule has 0 fully saturated rings. The Kier molecular flexibility index (Phi) is 10.2. The summed E-state index contributed by atoms with van der Waals surface area (Å²) in [6.45, 7) is 0. The third-order valence-corrected chi connectivity index (χ3v) is 3.98. The van der Waals surface area contributed by atoms with E-state index >= 15 is 0 Å². The van der Waals surface area contributed by atoms with E-state index in [1.807, 2.05) is 12.1 Å². The van der Waals surface area contributed by atoms with Crippen molar-refractivity contribution in [2.24, 2.45) is 0 Å². The van der Waals surface area contributed by atoms with Crippen LogP contribution in [0, 0.1) is 0 Å². The Balaban J connectivity index is 1.85. The van der Waals surface area contributed by atoms with Crippen LogP contribution in [0.5, 0.6) is 5.75 Å². The van der Waals surface area contributed by atoms with Crippen molar-refractivity contribution < 1.29 is 14.6 Å². The van der Waals surface area contributed by atoms with Crippen LogP contribution in [-0.2, 0) is 16.0 Å². The minimum atomic E-state index is -0.0910. The summed E-state index contributed by atoms with van der Waals surface area (Å²) in [5.74, 6) is 0.274. The SMILES string of the molecule is COC(=O)CCCCCCCCCCCc1cccc(O)c1. The Bertz CT molecular complexity index is 415. The van der Waals surface area contributed by atoms with Gasteiger partial charge in [-0.05, 0) is 37.0 Å². The third kappa shape index (κ3) is 9.43. The molecule has 0 saturated heterocycles. The molecule has 0 atom stereocenters. The number of phenols is 1. The van der Waals surface area contributed by atoms with Crippen LogP contribution in [0.25, 0.3) is 0 Å². The van der Waals surface area contributed by atoms with Gasteiger partial charge in [0, 0.05) is 6.42 Å².